The van der Waals surface area contributed by atoms with Crippen LogP contribution in [0, 0.1) is 6.92 Å². The number of thioether (sulfide) groups is 1. The van der Waals surface area contributed by atoms with Gasteiger partial charge < -0.3 is 15.2 Å². The summed E-state index contributed by atoms with van der Waals surface area (Å²) < 4.78 is 1.64. The number of nitrogens with zero attached hydrogens (tertiary/aromatic N) is 6. The summed E-state index contributed by atoms with van der Waals surface area (Å²) in [5, 5.41) is 11.0. The minimum absolute atomic E-state index is 0.207. The Balaban J connectivity index is 1.15. The Hall–Kier alpha value is -4.78. The van der Waals surface area contributed by atoms with E-state index in [2.05, 4.69) is 35.7 Å². The van der Waals surface area contributed by atoms with Crippen LogP contribution in [0.1, 0.15) is 40.3 Å². The van der Waals surface area contributed by atoms with E-state index in [1.54, 1.807) is 16.6 Å². The average molecular weight is 554 g/mol. The Morgan fingerprint density at radius 2 is 1.95 bits per heavy atom. The summed E-state index contributed by atoms with van der Waals surface area (Å²) in [5.41, 5.74) is 4.67. The molecule has 3 N–H and O–H groups in total. The fraction of sp³-hybridized carbons (Fsp3) is 0.222. The monoisotopic (exact) mass is 553 g/mol. The van der Waals surface area contributed by atoms with Gasteiger partial charge in [0.05, 0.1) is 16.8 Å². The van der Waals surface area contributed by atoms with Crippen molar-refractivity contribution in [1.29, 1.82) is 0 Å². The molecule has 7 rings (SSSR count). The highest BCUT2D eigenvalue weighted by Gasteiger charge is 2.39. The molecule has 2 aliphatic rings. The van der Waals surface area contributed by atoms with Gasteiger partial charge in [-0.2, -0.15) is 9.50 Å². The molecule has 0 bridgehead atoms. The van der Waals surface area contributed by atoms with E-state index in [4.69, 9.17) is 0 Å². The zero-order chi connectivity index (χ0) is 27.4. The predicted octanol–water partition coefficient (Wildman–Crippen LogP) is 3.11. The van der Waals surface area contributed by atoms with Gasteiger partial charge in [-0.15, -0.1) is 5.10 Å². The maximum Gasteiger partial charge on any atom is 0.255 e. The first-order valence-electron chi connectivity index (χ1n) is 12.8. The topological polar surface area (TPSA) is 150 Å². The standard InChI is InChI=1S/C27H23N9O3S/c1-14-11-22(36-26(28-14)33-27(34-36)40-13-21-29-18-6-2-3-7-19(18)30-21)31-17-8-4-5-15-16(17)12-35(25(15)39)20-9-10-23(37)32-24(20)38/h2-8,11,20,31H,9-10,12-13H2,1H3,(H,29,30)(H,32,37,38). The van der Waals surface area contributed by atoms with E-state index in [1.165, 1.54) is 16.7 Å². The summed E-state index contributed by atoms with van der Waals surface area (Å²) in [5.74, 6) is 1.51. The van der Waals surface area contributed by atoms with Crippen LogP contribution in [0.15, 0.2) is 53.7 Å². The molecule has 13 heteroatoms. The molecule has 1 unspecified atom stereocenters. The van der Waals surface area contributed by atoms with Crippen molar-refractivity contribution < 1.29 is 14.4 Å². The highest BCUT2D eigenvalue weighted by atomic mass is 32.2. The molecule has 40 heavy (non-hydrogen) atoms. The molecule has 3 amide bonds. The molecular formula is C27H23N9O3S. The second-order valence-electron chi connectivity index (χ2n) is 9.73. The van der Waals surface area contributed by atoms with Crippen LogP contribution < -0.4 is 10.6 Å². The third-order valence-corrected chi connectivity index (χ3v) is 7.89. The maximum atomic E-state index is 13.2. The van der Waals surface area contributed by atoms with Crippen molar-refractivity contribution in [2.45, 2.75) is 43.3 Å². The average Bonchev–Trinajstić information content (AvgIpc) is 3.63. The second kappa shape index (κ2) is 9.45. The number of carbonyl (C=O) groups excluding carboxylic acids is 3. The van der Waals surface area contributed by atoms with Gasteiger partial charge in [0.1, 0.15) is 17.7 Å². The van der Waals surface area contributed by atoms with Crippen molar-refractivity contribution in [1.82, 2.24) is 39.8 Å². The minimum atomic E-state index is -0.679. The van der Waals surface area contributed by atoms with Crippen LogP contribution in [0.2, 0.25) is 0 Å². The lowest BCUT2D eigenvalue weighted by Crippen LogP contribution is -2.52. The number of hydrogen-bond donors (Lipinski definition) is 3. The Morgan fingerprint density at radius 3 is 2.80 bits per heavy atom. The van der Waals surface area contributed by atoms with Crippen molar-refractivity contribution in [2.24, 2.45) is 0 Å². The third-order valence-electron chi connectivity index (χ3n) is 7.04. The van der Waals surface area contributed by atoms with Crippen LogP contribution >= 0.6 is 11.8 Å². The highest BCUT2D eigenvalue weighted by molar-refractivity contribution is 7.98. The first kappa shape index (κ1) is 24.3. The van der Waals surface area contributed by atoms with Crippen LogP contribution in [0.4, 0.5) is 11.5 Å². The first-order valence-corrected chi connectivity index (χ1v) is 13.8. The number of anilines is 2. The zero-order valence-electron chi connectivity index (χ0n) is 21.3. The molecule has 0 radical (unpaired) electrons. The number of carbonyl (C=O) groups is 3. The number of piperidine rings is 1. The molecule has 0 aliphatic carbocycles. The van der Waals surface area contributed by atoms with E-state index in [0.29, 0.717) is 34.5 Å². The highest BCUT2D eigenvalue weighted by Crippen LogP contribution is 2.34. The number of aromatic amines is 1. The lowest BCUT2D eigenvalue weighted by molar-refractivity contribution is -0.136. The number of aromatic nitrogens is 6. The summed E-state index contributed by atoms with van der Waals surface area (Å²) in [4.78, 5) is 55.9. The van der Waals surface area contributed by atoms with Crippen molar-refractivity contribution in [3.05, 3.63) is 71.2 Å². The number of nitrogens with one attached hydrogen (secondary N) is 3. The van der Waals surface area contributed by atoms with Crippen LogP contribution in [0.25, 0.3) is 16.8 Å². The lowest BCUT2D eigenvalue weighted by Gasteiger charge is -2.29. The summed E-state index contributed by atoms with van der Waals surface area (Å²) in [6, 6.07) is 14.5. The maximum absolute atomic E-state index is 13.2. The number of H-pyrrole nitrogens is 1. The molecule has 5 heterocycles. The van der Waals surface area contributed by atoms with E-state index in [9.17, 15) is 14.4 Å². The fourth-order valence-corrected chi connectivity index (χ4v) is 5.85. The molecule has 0 spiro atoms. The van der Waals surface area contributed by atoms with Gasteiger partial charge in [0, 0.05) is 41.5 Å². The van der Waals surface area contributed by atoms with Crippen LogP contribution in [-0.2, 0) is 21.9 Å². The Bertz CT molecular complexity index is 1810. The number of benzene rings is 2. The number of amides is 3. The molecule has 200 valence electrons. The summed E-state index contributed by atoms with van der Waals surface area (Å²) in [6.07, 6.45) is 0.518. The number of fused-ring (bicyclic) bond motifs is 3. The molecule has 12 nitrogen and oxygen atoms in total. The lowest BCUT2D eigenvalue weighted by atomic mass is 10.0. The second-order valence-corrected chi connectivity index (χ2v) is 10.7. The van der Waals surface area contributed by atoms with Gasteiger partial charge in [0.25, 0.3) is 11.7 Å². The van der Waals surface area contributed by atoms with E-state index < -0.39 is 11.9 Å². The minimum Gasteiger partial charge on any atom is -0.341 e. The number of imide groups is 1. The van der Waals surface area contributed by atoms with Gasteiger partial charge in [-0.1, -0.05) is 30.0 Å². The van der Waals surface area contributed by atoms with Crippen molar-refractivity contribution >= 4 is 57.8 Å². The molecule has 2 aliphatic heterocycles. The van der Waals surface area contributed by atoms with Gasteiger partial charge in [0.15, 0.2) is 0 Å². The zero-order valence-corrected chi connectivity index (χ0v) is 22.2. The molecular weight excluding hydrogens is 530 g/mol. The largest absolute Gasteiger partial charge is 0.341 e. The quantitative estimate of drug-likeness (QED) is 0.213. The van der Waals surface area contributed by atoms with Gasteiger partial charge in [-0.05, 0) is 37.6 Å². The van der Waals surface area contributed by atoms with Crippen LogP contribution in [0.3, 0.4) is 0 Å². The summed E-state index contributed by atoms with van der Waals surface area (Å²) in [6.45, 7) is 2.14. The molecule has 1 atom stereocenters. The molecule has 3 aromatic heterocycles. The first-order chi connectivity index (χ1) is 19.4. The van der Waals surface area contributed by atoms with E-state index in [-0.39, 0.29) is 24.8 Å². The Kier molecular flexibility index (Phi) is 5.73. The number of rotatable bonds is 6. The molecule has 0 saturated carbocycles. The number of imidazole rings is 1. The summed E-state index contributed by atoms with van der Waals surface area (Å²) in [7, 11) is 0. The number of aryl methyl sites for hydroxylation is 1. The van der Waals surface area contributed by atoms with Crippen LogP contribution in [-0.4, -0.2) is 58.2 Å². The number of hydrogen-bond acceptors (Lipinski definition) is 9. The third kappa shape index (κ3) is 4.24. The smallest absolute Gasteiger partial charge is 0.255 e. The van der Waals surface area contributed by atoms with Gasteiger partial charge in [-0.25, -0.2) is 9.97 Å². The Labute approximate surface area is 231 Å². The molecule has 5 aromatic rings. The Morgan fingerprint density at radius 1 is 1.07 bits per heavy atom. The van der Waals surface area contributed by atoms with Crippen molar-refractivity contribution in [2.75, 3.05) is 5.32 Å². The van der Waals surface area contributed by atoms with Crippen molar-refractivity contribution in [3.63, 3.8) is 0 Å². The molecule has 1 fully saturated rings. The van der Waals surface area contributed by atoms with E-state index in [0.717, 1.165) is 33.8 Å². The van der Waals surface area contributed by atoms with Crippen molar-refractivity contribution in [3.8, 4) is 0 Å². The number of para-hydroxylation sites is 2. The van der Waals surface area contributed by atoms with E-state index in [1.807, 2.05) is 43.3 Å². The predicted molar refractivity (Wildman–Crippen MR) is 147 cm³/mol. The van der Waals surface area contributed by atoms with E-state index >= 15 is 0 Å². The fourth-order valence-electron chi connectivity index (χ4n) is 5.17. The van der Waals surface area contributed by atoms with Crippen LogP contribution in [0.5, 0.6) is 0 Å². The molecule has 1 saturated heterocycles. The van der Waals surface area contributed by atoms with Gasteiger partial charge in [-0.3, -0.25) is 19.7 Å². The summed E-state index contributed by atoms with van der Waals surface area (Å²) >= 11 is 1.45. The molecule has 2 aromatic carbocycles. The van der Waals surface area contributed by atoms with Gasteiger partial charge >= 0.3 is 0 Å². The SMILES string of the molecule is Cc1cc(Nc2cccc3c2CN(C2CCC(=O)NC2=O)C3=O)n2nc(SCc3nc4ccccc4[nH]3)nc2n1. The normalized spacial score (nSPS) is 17.1. The van der Waals surface area contributed by atoms with Gasteiger partial charge in [0.2, 0.25) is 17.0 Å².